The van der Waals surface area contributed by atoms with Crippen LogP contribution in [0.3, 0.4) is 0 Å². The minimum atomic E-state index is -0.184. The lowest BCUT2D eigenvalue weighted by Gasteiger charge is -2.31. The maximum Gasteiger partial charge on any atom is 0.226 e. The number of para-hydroxylation sites is 4. The van der Waals surface area contributed by atoms with Gasteiger partial charge in [-0.15, -0.1) is 0 Å². The predicted octanol–water partition coefficient (Wildman–Crippen LogP) is 12.5. The summed E-state index contributed by atoms with van der Waals surface area (Å²) in [6.45, 7) is 0. The van der Waals surface area contributed by atoms with E-state index >= 15 is 0 Å². The third-order valence-corrected chi connectivity index (χ3v) is 10.5. The average Bonchev–Trinajstić information content (AvgIpc) is 3.23. The normalized spacial score (nSPS) is 10.7. The zero-order chi connectivity index (χ0) is 37.3. The van der Waals surface area contributed by atoms with Gasteiger partial charge in [0, 0.05) is 32.5 Å². The number of hydrogen-bond donors (Lipinski definition) is 0. The van der Waals surface area contributed by atoms with E-state index in [0.29, 0.717) is 34.0 Å². The first-order valence-electron chi connectivity index (χ1n) is 17.2. The smallest absolute Gasteiger partial charge is 0.226 e. The van der Waals surface area contributed by atoms with Gasteiger partial charge in [-0.2, -0.15) is 0 Å². The van der Waals surface area contributed by atoms with Gasteiger partial charge in [-0.25, -0.2) is 0 Å². The van der Waals surface area contributed by atoms with Crippen LogP contribution in [-0.2, 0) is 0 Å². The third kappa shape index (κ3) is 8.20. The van der Waals surface area contributed by atoms with Gasteiger partial charge < -0.3 is 19.3 Å². The summed E-state index contributed by atoms with van der Waals surface area (Å²) in [6, 6.07) is 58.1. The molecule has 0 saturated carbocycles. The van der Waals surface area contributed by atoms with Crippen molar-refractivity contribution in [3.63, 3.8) is 0 Å². The molecule has 6 nitrogen and oxygen atoms in total. The Morgan fingerprint density at radius 3 is 0.944 bits per heavy atom. The second-order valence-electron chi connectivity index (χ2n) is 12.0. The first-order valence-corrected chi connectivity index (χ1v) is 18.9. The number of benzene rings is 7. The van der Waals surface area contributed by atoms with Crippen LogP contribution in [0.4, 0.5) is 34.1 Å². The van der Waals surface area contributed by atoms with Crippen molar-refractivity contribution in [3.05, 3.63) is 193 Å². The van der Waals surface area contributed by atoms with Crippen molar-refractivity contribution in [1.82, 2.24) is 0 Å². The van der Waals surface area contributed by atoms with Crippen LogP contribution >= 0.6 is 23.5 Å². The Hall–Kier alpha value is -6.22. The number of methoxy groups -OCH3 is 2. The van der Waals surface area contributed by atoms with E-state index in [1.165, 1.54) is 0 Å². The molecule has 54 heavy (non-hydrogen) atoms. The summed E-state index contributed by atoms with van der Waals surface area (Å²) in [5, 5.41) is -0.368. The Kier molecular flexibility index (Phi) is 11.4. The van der Waals surface area contributed by atoms with Gasteiger partial charge in [-0.05, 0) is 133 Å². The van der Waals surface area contributed by atoms with Crippen molar-refractivity contribution >= 4 is 67.9 Å². The summed E-state index contributed by atoms with van der Waals surface area (Å²) in [4.78, 5) is 35.2. The number of hydrogen-bond acceptors (Lipinski definition) is 8. The van der Waals surface area contributed by atoms with Crippen molar-refractivity contribution in [2.24, 2.45) is 0 Å². The molecule has 7 rings (SSSR count). The highest BCUT2D eigenvalue weighted by Crippen LogP contribution is 2.46. The van der Waals surface area contributed by atoms with Crippen LogP contribution in [0.1, 0.15) is 20.7 Å². The van der Waals surface area contributed by atoms with Crippen LogP contribution in [0.5, 0.6) is 11.5 Å². The number of thioether (sulfide) groups is 2. The Labute approximate surface area is 324 Å². The van der Waals surface area contributed by atoms with Gasteiger partial charge in [0.05, 0.1) is 36.7 Å². The van der Waals surface area contributed by atoms with Crippen molar-refractivity contribution in [2.75, 3.05) is 24.0 Å². The SMILES string of the molecule is COc1ccc(SC(=O)c2cc(N(c3ccccc3)c3ccccc3)c(C(=O)Sc3ccc(OC)cc3)cc2N(c2ccccc2)c2ccccc2)cc1. The molecular formula is C46H36N2O4S2. The molecule has 0 aliphatic carbocycles. The molecule has 0 unspecified atom stereocenters. The maximum absolute atomic E-state index is 14.8. The Balaban J connectivity index is 1.50. The van der Waals surface area contributed by atoms with Crippen molar-refractivity contribution < 1.29 is 19.1 Å². The number of nitrogens with zero attached hydrogens (tertiary/aromatic N) is 2. The zero-order valence-corrected chi connectivity index (χ0v) is 31.3. The van der Waals surface area contributed by atoms with E-state index in [4.69, 9.17) is 9.47 Å². The summed E-state index contributed by atoms with van der Waals surface area (Å²) in [5.74, 6) is 1.40. The predicted molar refractivity (Wildman–Crippen MR) is 222 cm³/mol. The Morgan fingerprint density at radius 1 is 0.407 bits per heavy atom. The summed E-state index contributed by atoms with van der Waals surface area (Å²) in [6.07, 6.45) is 0. The van der Waals surface area contributed by atoms with Crippen LogP contribution in [0.25, 0.3) is 0 Å². The molecule has 0 aliphatic heterocycles. The molecule has 0 aliphatic rings. The maximum atomic E-state index is 14.8. The molecule has 0 saturated heterocycles. The molecular weight excluding hydrogens is 709 g/mol. The molecule has 0 heterocycles. The largest absolute Gasteiger partial charge is 0.497 e. The minimum Gasteiger partial charge on any atom is -0.497 e. The molecule has 266 valence electrons. The molecule has 0 spiro atoms. The van der Waals surface area contributed by atoms with Crippen molar-refractivity contribution in [3.8, 4) is 11.5 Å². The van der Waals surface area contributed by atoms with Crippen LogP contribution in [0.15, 0.2) is 192 Å². The highest BCUT2D eigenvalue weighted by Gasteiger charge is 2.29. The lowest BCUT2D eigenvalue weighted by molar-refractivity contribution is 0.107. The van der Waals surface area contributed by atoms with Gasteiger partial charge in [0.2, 0.25) is 10.2 Å². The van der Waals surface area contributed by atoms with Crippen LogP contribution in [0, 0.1) is 0 Å². The highest BCUT2D eigenvalue weighted by molar-refractivity contribution is 8.14. The third-order valence-electron chi connectivity index (χ3n) is 8.63. The first-order chi connectivity index (χ1) is 26.5. The van der Waals surface area contributed by atoms with Crippen LogP contribution < -0.4 is 19.3 Å². The minimum absolute atomic E-state index is 0.184. The lowest BCUT2D eigenvalue weighted by Crippen LogP contribution is -2.18. The van der Waals surface area contributed by atoms with E-state index in [1.807, 2.05) is 192 Å². The monoisotopic (exact) mass is 744 g/mol. The molecule has 0 N–H and O–H groups in total. The van der Waals surface area contributed by atoms with E-state index in [0.717, 1.165) is 56.1 Å². The van der Waals surface area contributed by atoms with E-state index in [9.17, 15) is 9.59 Å². The average molecular weight is 745 g/mol. The number of ether oxygens (including phenoxy) is 2. The van der Waals surface area contributed by atoms with Gasteiger partial charge in [0.15, 0.2) is 0 Å². The lowest BCUT2D eigenvalue weighted by atomic mass is 10.0. The van der Waals surface area contributed by atoms with Crippen molar-refractivity contribution in [2.45, 2.75) is 9.79 Å². The number of carbonyl (C=O) groups excluding carboxylic acids is 2. The molecule has 0 radical (unpaired) electrons. The van der Waals surface area contributed by atoms with Gasteiger partial charge >= 0.3 is 0 Å². The standard InChI is InChI=1S/C46H36N2O4S2/c1-51-37-23-27-39(28-24-37)53-45(49)41-31-44(48(35-19-11-5-12-20-35)36-21-13-6-14-22-36)42(46(50)54-40-29-25-38(52-2)26-30-40)32-43(41)47(33-15-7-3-8-16-33)34-17-9-4-10-18-34/h3-32H,1-2H3. The van der Waals surface area contributed by atoms with E-state index < -0.39 is 0 Å². The Bertz CT molecular complexity index is 2080. The van der Waals surface area contributed by atoms with Crippen LogP contribution in [0.2, 0.25) is 0 Å². The summed E-state index contributed by atoms with van der Waals surface area (Å²) >= 11 is 2.26. The summed E-state index contributed by atoms with van der Waals surface area (Å²) in [5.41, 5.74) is 5.35. The number of rotatable bonds is 12. The molecule has 7 aromatic carbocycles. The summed E-state index contributed by atoms with van der Waals surface area (Å²) < 4.78 is 10.8. The van der Waals surface area contributed by atoms with Crippen LogP contribution in [-0.4, -0.2) is 24.5 Å². The molecule has 0 atom stereocenters. The van der Waals surface area contributed by atoms with Gasteiger partial charge in [-0.1, -0.05) is 72.8 Å². The fraction of sp³-hybridized carbons (Fsp3) is 0.0435. The fourth-order valence-corrected chi connectivity index (χ4v) is 7.57. The molecule has 0 bridgehead atoms. The fourth-order valence-electron chi connectivity index (χ4n) is 6.05. The molecule has 7 aromatic rings. The summed E-state index contributed by atoms with van der Waals surface area (Å²) in [7, 11) is 3.23. The molecule has 8 heteroatoms. The van der Waals surface area contributed by atoms with Gasteiger partial charge in [0.1, 0.15) is 11.5 Å². The van der Waals surface area contributed by atoms with E-state index in [1.54, 1.807) is 14.2 Å². The Morgan fingerprint density at radius 2 is 0.685 bits per heavy atom. The highest BCUT2D eigenvalue weighted by atomic mass is 32.2. The number of carbonyl (C=O) groups is 2. The van der Waals surface area contributed by atoms with E-state index in [2.05, 4.69) is 0 Å². The second-order valence-corrected chi connectivity index (χ2v) is 14.1. The number of anilines is 6. The van der Waals surface area contributed by atoms with Gasteiger partial charge in [-0.3, -0.25) is 9.59 Å². The molecule has 0 fully saturated rings. The quantitative estimate of drug-likeness (QED) is 0.115. The molecule has 0 aromatic heterocycles. The second kappa shape index (κ2) is 17.1. The molecule has 0 amide bonds. The van der Waals surface area contributed by atoms with Gasteiger partial charge in [0.25, 0.3) is 0 Å². The zero-order valence-electron chi connectivity index (χ0n) is 29.7. The van der Waals surface area contributed by atoms with E-state index in [-0.39, 0.29) is 10.2 Å². The first kappa shape index (κ1) is 36.2. The van der Waals surface area contributed by atoms with Crippen molar-refractivity contribution in [1.29, 1.82) is 0 Å². The topological polar surface area (TPSA) is 59.1 Å².